The predicted molar refractivity (Wildman–Crippen MR) is 86.2 cm³/mol. The summed E-state index contributed by atoms with van der Waals surface area (Å²) in [6, 6.07) is 11.0. The Hall–Kier alpha value is -1.92. The largest absolute Gasteiger partial charge is 0.371 e. The number of nitrogens with two attached hydrogens (primary N) is 1. The summed E-state index contributed by atoms with van der Waals surface area (Å²) in [7, 11) is -3.62. The van der Waals surface area contributed by atoms with E-state index in [2.05, 4.69) is 22.0 Å². The van der Waals surface area contributed by atoms with Crippen LogP contribution < -0.4 is 10.0 Å². The Morgan fingerprint density at radius 2 is 1.59 bits per heavy atom. The van der Waals surface area contributed by atoms with Crippen LogP contribution in [0, 0.1) is 0 Å². The molecule has 1 saturated heterocycles. The number of sulfonamides is 1. The van der Waals surface area contributed by atoms with Crippen molar-refractivity contribution in [1.29, 1.82) is 0 Å². The molecule has 0 amide bonds. The first-order valence-electron chi connectivity index (χ1n) is 7.32. The van der Waals surface area contributed by atoms with E-state index in [4.69, 9.17) is 5.14 Å². The molecule has 22 heavy (non-hydrogen) atoms. The number of hydrogen-bond donors (Lipinski definition) is 1. The molecule has 0 atom stereocenters. The maximum absolute atomic E-state index is 11.3. The second-order valence-electron chi connectivity index (χ2n) is 5.58. The summed E-state index contributed by atoms with van der Waals surface area (Å²) < 4.78 is 22.6. The zero-order chi connectivity index (χ0) is 15.6. The Kier molecular flexibility index (Phi) is 4.13. The molecular weight excluding hydrogens is 298 g/mol. The molecule has 1 aliphatic heterocycles. The van der Waals surface area contributed by atoms with E-state index in [-0.39, 0.29) is 4.90 Å². The molecule has 3 rings (SSSR count). The SMILES string of the molecule is NS(=O)(=O)c1ccc(N2CCC(c3ccncc3)CC2)cc1. The number of hydrogen-bond acceptors (Lipinski definition) is 4. The molecule has 0 spiro atoms. The maximum Gasteiger partial charge on any atom is 0.238 e. The van der Waals surface area contributed by atoms with Crippen LogP contribution in [0.25, 0.3) is 0 Å². The fourth-order valence-corrected chi connectivity index (χ4v) is 3.47. The highest BCUT2D eigenvalue weighted by molar-refractivity contribution is 7.89. The molecular formula is C16H19N3O2S. The van der Waals surface area contributed by atoms with Crippen LogP contribution in [0.5, 0.6) is 0 Å². The molecule has 1 aromatic heterocycles. The van der Waals surface area contributed by atoms with Crippen LogP contribution in [0.1, 0.15) is 24.3 Å². The van der Waals surface area contributed by atoms with Gasteiger partial charge in [0.2, 0.25) is 10.0 Å². The van der Waals surface area contributed by atoms with Crippen LogP contribution >= 0.6 is 0 Å². The lowest BCUT2D eigenvalue weighted by Crippen LogP contribution is -2.32. The molecule has 1 aliphatic rings. The molecule has 2 N–H and O–H groups in total. The van der Waals surface area contributed by atoms with E-state index in [0.717, 1.165) is 31.6 Å². The molecule has 0 aliphatic carbocycles. The molecule has 1 fully saturated rings. The average molecular weight is 317 g/mol. The highest BCUT2D eigenvalue weighted by Gasteiger charge is 2.21. The van der Waals surface area contributed by atoms with E-state index >= 15 is 0 Å². The van der Waals surface area contributed by atoms with Crippen LogP contribution in [0.15, 0.2) is 53.7 Å². The van der Waals surface area contributed by atoms with Crippen molar-refractivity contribution in [2.45, 2.75) is 23.7 Å². The van der Waals surface area contributed by atoms with E-state index in [1.54, 1.807) is 12.1 Å². The van der Waals surface area contributed by atoms with Crippen molar-refractivity contribution in [2.75, 3.05) is 18.0 Å². The summed E-state index contributed by atoms with van der Waals surface area (Å²) >= 11 is 0. The third-order valence-corrected chi connectivity index (χ3v) is 5.13. The summed E-state index contributed by atoms with van der Waals surface area (Å²) in [6.45, 7) is 1.92. The fourth-order valence-electron chi connectivity index (χ4n) is 2.95. The summed E-state index contributed by atoms with van der Waals surface area (Å²) in [5.74, 6) is 0.572. The lowest BCUT2D eigenvalue weighted by molar-refractivity contribution is 0.505. The van der Waals surface area contributed by atoms with Crippen molar-refractivity contribution in [2.24, 2.45) is 5.14 Å². The molecule has 6 heteroatoms. The minimum atomic E-state index is -3.62. The Balaban J connectivity index is 1.66. The number of pyridine rings is 1. The van der Waals surface area contributed by atoms with E-state index in [1.165, 1.54) is 5.56 Å². The molecule has 116 valence electrons. The standard InChI is InChI=1S/C16H19N3O2S/c17-22(20,21)16-3-1-15(2-4-16)19-11-7-14(8-12-19)13-5-9-18-10-6-13/h1-6,9-10,14H,7-8,11-12H2,(H2,17,20,21). The summed E-state index contributed by atoms with van der Waals surface area (Å²) in [5.41, 5.74) is 2.39. The van der Waals surface area contributed by atoms with Crippen LogP contribution in [0.2, 0.25) is 0 Å². The van der Waals surface area contributed by atoms with E-state index in [9.17, 15) is 8.42 Å². The predicted octanol–water partition coefficient (Wildman–Crippen LogP) is 2.11. The minimum Gasteiger partial charge on any atom is -0.371 e. The molecule has 2 aromatic rings. The van der Waals surface area contributed by atoms with Crippen LogP contribution in [-0.2, 0) is 10.0 Å². The van der Waals surface area contributed by atoms with Crippen molar-refractivity contribution in [3.8, 4) is 0 Å². The highest BCUT2D eigenvalue weighted by Crippen LogP contribution is 2.30. The molecule has 5 nitrogen and oxygen atoms in total. The van der Waals surface area contributed by atoms with Gasteiger partial charge in [0.25, 0.3) is 0 Å². The van der Waals surface area contributed by atoms with Crippen molar-refractivity contribution >= 4 is 15.7 Å². The van der Waals surface area contributed by atoms with Gasteiger partial charge in [0, 0.05) is 31.2 Å². The Labute approximate surface area is 130 Å². The number of piperidine rings is 1. The van der Waals surface area contributed by atoms with Crippen LogP contribution in [0.3, 0.4) is 0 Å². The van der Waals surface area contributed by atoms with Crippen molar-refractivity contribution < 1.29 is 8.42 Å². The first-order valence-corrected chi connectivity index (χ1v) is 8.86. The van der Waals surface area contributed by atoms with Gasteiger partial charge in [-0.05, 0) is 60.7 Å². The number of nitrogens with zero attached hydrogens (tertiary/aromatic N) is 2. The van der Waals surface area contributed by atoms with Crippen molar-refractivity contribution in [1.82, 2.24) is 4.98 Å². The Morgan fingerprint density at radius 3 is 2.14 bits per heavy atom. The topological polar surface area (TPSA) is 76.3 Å². The Bertz CT molecular complexity index is 722. The minimum absolute atomic E-state index is 0.155. The molecule has 2 heterocycles. The quantitative estimate of drug-likeness (QED) is 0.940. The summed E-state index contributed by atoms with van der Waals surface area (Å²) in [4.78, 5) is 6.50. The zero-order valence-electron chi connectivity index (χ0n) is 12.2. The van der Waals surface area contributed by atoms with Gasteiger partial charge in [-0.1, -0.05) is 0 Å². The highest BCUT2D eigenvalue weighted by atomic mass is 32.2. The van der Waals surface area contributed by atoms with Gasteiger partial charge in [0.05, 0.1) is 4.90 Å². The summed E-state index contributed by atoms with van der Waals surface area (Å²) in [6.07, 6.45) is 5.85. The molecule has 0 unspecified atom stereocenters. The van der Waals surface area contributed by atoms with E-state index < -0.39 is 10.0 Å². The first kappa shape index (κ1) is 15.0. The Morgan fingerprint density at radius 1 is 1.00 bits per heavy atom. The number of benzene rings is 1. The second-order valence-corrected chi connectivity index (χ2v) is 7.14. The fraction of sp³-hybridized carbons (Fsp3) is 0.312. The smallest absolute Gasteiger partial charge is 0.238 e. The molecule has 0 saturated carbocycles. The molecule has 0 radical (unpaired) electrons. The van der Waals surface area contributed by atoms with Crippen LogP contribution in [-0.4, -0.2) is 26.5 Å². The van der Waals surface area contributed by atoms with Crippen LogP contribution in [0.4, 0.5) is 5.69 Å². The monoisotopic (exact) mass is 317 g/mol. The average Bonchev–Trinajstić information content (AvgIpc) is 2.55. The van der Waals surface area contributed by atoms with Crippen molar-refractivity contribution in [3.05, 3.63) is 54.4 Å². The summed E-state index contributed by atoms with van der Waals surface area (Å²) in [5, 5.41) is 5.12. The van der Waals surface area contributed by atoms with E-state index in [1.807, 2.05) is 24.5 Å². The van der Waals surface area contributed by atoms with Gasteiger partial charge in [-0.15, -0.1) is 0 Å². The lowest BCUT2D eigenvalue weighted by Gasteiger charge is -2.33. The van der Waals surface area contributed by atoms with E-state index in [0.29, 0.717) is 5.92 Å². The van der Waals surface area contributed by atoms with Gasteiger partial charge in [-0.3, -0.25) is 4.98 Å². The first-order chi connectivity index (χ1) is 10.5. The number of primary sulfonamides is 1. The second kappa shape index (κ2) is 6.06. The number of rotatable bonds is 3. The maximum atomic E-state index is 11.3. The normalized spacial score (nSPS) is 16.7. The zero-order valence-corrected chi connectivity index (χ0v) is 13.0. The molecule has 0 bridgehead atoms. The lowest BCUT2D eigenvalue weighted by atomic mass is 9.90. The van der Waals surface area contributed by atoms with Gasteiger partial charge in [0.15, 0.2) is 0 Å². The van der Waals surface area contributed by atoms with Gasteiger partial charge in [0.1, 0.15) is 0 Å². The number of aromatic nitrogens is 1. The third kappa shape index (κ3) is 3.28. The van der Waals surface area contributed by atoms with Gasteiger partial charge in [-0.2, -0.15) is 0 Å². The third-order valence-electron chi connectivity index (χ3n) is 4.20. The molecule has 1 aromatic carbocycles. The van der Waals surface area contributed by atoms with Gasteiger partial charge < -0.3 is 4.90 Å². The van der Waals surface area contributed by atoms with Crippen molar-refractivity contribution in [3.63, 3.8) is 0 Å². The van der Waals surface area contributed by atoms with Gasteiger partial charge >= 0.3 is 0 Å². The number of anilines is 1. The van der Waals surface area contributed by atoms with Gasteiger partial charge in [-0.25, -0.2) is 13.6 Å².